The fourth-order valence-electron chi connectivity index (χ4n) is 1.53. The molecule has 0 fully saturated rings. The number of quaternary nitrogens is 1. The molecule has 0 atom stereocenters. The highest BCUT2D eigenvalue weighted by atomic mass is 35.5. The van der Waals surface area contributed by atoms with Gasteiger partial charge in [-0.25, -0.2) is 0 Å². The zero-order chi connectivity index (χ0) is 11.5. The van der Waals surface area contributed by atoms with Crippen LogP contribution in [0, 0.1) is 5.92 Å². The van der Waals surface area contributed by atoms with E-state index in [4.69, 9.17) is 5.11 Å². The van der Waals surface area contributed by atoms with Gasteiger partial charge < -0.3 is 22.8 Å². The Morgan fingerprint density at radius 3 is 2.25 bits per heavy atom. The first-order chi connectivity index (χ1) is 7.20. The predicted octanol–water partition coefficient (Wildman–Crippen LogP) is -1.81. The van der Waals surface area contributed by atoms with Crippen molar-refractivity contribution >= 4 is 5.97 Å². The minimum absolute atomic E-state index is 0. The van der Waals surface area contributed by atoms with E-state index in [0.29, 0.717) is 12.5 Å². The van der Waals surface area contributed by atoms with Crippen molar-refractivity contribution in [2.45, 2.75) is 25.7 Å². The van der Waals surface area contributed by atoms with Gasteiger partial charge in [-0.15, -0.1) is 13.2 Å². The number of carboxylic acids is 1. The molecular formula is C12H22ClNO2. The van der Waals surface area contributed by atoms with Crippen LogP contribution in [0.4, 0.5) is 0 Å². The first-order valence-electron chi connectivity index (χ1n) is 5.46. The Labute approximate surface area is 104 Å². The Morgan fingerprint density at radius 1 is 1.25 bits per heavy atom. The zero-order valence-electron chi connectivity index (χ0n) is 9.70. The van der Waals surface area contributed by atoms with E-state index in [2.05, 4.69) is 18.5 Å². The van der Waals surface area contributed by atoms with Gasteiger partial charge in [-0.3, -0.25) is 4.79 Å². The monoisotopic (exact) mass is 247 g/mol. The SMILES string of the molecule is C=CCC(CC=C)CC[NH2+]CCC(=O)O.[Cl-]. The van der Waals surface area contributed by atoms with Gasteiger partial charge >= 0.3 is 5.97 Å². The summed E-state index contributed by atoms with van der Waals surface area (Å²) in [6, 6.07) is 0. The molecule has 3 nitrogen and oxygen atoms in total. The molecule has 0 amide bonds. The van der Waals surface area contributed by atoms with Crippen molar-refractivity contribution in [1.82, 2.24) is 0 Å². The maximum atomic E-state index is 10.3. The molecule has 0 radical (unpaired) electrons. The molecule has 94 valence electrons. The average molecular weight is 248 g/mol. The molecule has 0 aromatic carbocycles. The lowest BCUT2D eigenvalue weighted by atomic mass is 9.97. The van der Waals surface area contributed by atoms with Gasteiger partial charge in [0.2, 0.25) is 0 Å². The lowest BCUT2D eigenvalue weighted by Gasteiger charge is -2.11. The topological polar surface area (TPSA) is 53.9 Å². The van der Waals surface area contributed by atoms with Crippen LogP contribution in [0.3, 0.4) is 0 Å². The molecule has 0 heterocycles. The number of hydrogen-bond donors (Lipinski definition) is 2. The minimum atomic E-state index is -0.722. The number of rotatable bonds is 10. The molecule has 0 saturated carbocycles. The first kappa shape index (κ1) is 17.6. The largest absolute Gasteiger partial charge is 1.00 e. The quantitative estimate of drug-likeness (QED) is 0.353. The van der Waals surface area contributed by atoms with Gasteiger partial charge in [-0.1, -0.05) is 12.2 Å². The summed E-state index contributed by atoms with van der Waals surface area (Å²) in [4.78, 5) is 10.3. The Bertz CT molecular complexity index is 197. The first-order valence-corrected chi connectivity index (χ1v) is 5.46. The Balaban J connectivity index is 0. The molecule has 0 bridgehead atoms. The molecule has 0 rings (SSSR count). The molecule has 4 heteroatoms. The van der Waals surface area contributed by atoms with Gasteiger partial charge in [0.25, 0.3) is 0 Å². The van der Waals surface area contributed by atoms with E-state index in [9.17, 15) is 4.79 Å². The van der Waals surface area contributed by atoms with Crippen LogP contribution in [-0.4, -0.2) is 24.2 Å². The van der Waals surface area contributed by atoms with Crippen molar-refractivity contribution in [3.05, 3.63) is 25.3 Å². The third kappa shape index (κ3) is 11.3. The fraction of sp³-hybridized carbons (Fsp3) is 0.583. The number of hydrogen-bond acceptors (Lipinski definition) is 1. The normalized spacial score (nSPS) is 9.56. The van der Waals surface area contributed by atoms with Crippen LogP contribution in [0.1, 0.15) is 25.7 Å². The standard InChI is InChI=1S/C12H21NO2.ClH/c1-3-5-11(6-4-2)7-9-13-10-8-12(14)15;/h3-4,11,13H,1-2,5-10H2,(H,14,15);1H. The van der Waals surface area contributed by atoms with Crippen molar-refractivity contribution in [2.24, 2.45) is 5.92 Å². The number of nitrogens with two attached hydrogens (primary N) is 1. The second-order valence-corrected chi connectivity index (χ2v) is 3.71. The van der Waals surface area contributed by atoms with E-state index < -0.39 is 5.97 Å². The van der Waals surface area contributed by atoms with Crippen LogP contribution in [0.5, 0.6) is 0 Å². The van der Waals surface area contributed by atoms with Crippen molar-refractivity contribution in [1.29, 1.82) is 0 Å². The van der Waals surface area contributed by atoms with Crippen LogP contribution in [0.2, 0.25) is 0 Å². The van der Waals surface area contributed by atoms with Crippen molar-refractivity contribution < 1.29 is 27.6 Å². The summed E-state index contributed by atoms with van der Waals surface area (Å²) in [7, 11) is 0. The van der Waals surface area contributed by atoms with E-state index in [1.165, 1.54) is 0 Å². The second kappa shape index (κ2) is 12.3. The molecule has 3 N–H and O–H groups in total. The molecule has 0 spiro atoms. The van der Waals surface area contributed by atoms with Crippen LogP contribution in [0.25, 0.3) is 0 Å². The molecule has 0 saturated heterocycles. The summed E-state index contributed by atoms with van der Waals surface area (Å²) in [5.74, 6) is -0.110. The van der Waals surface area contributed by atoms with E-state index in [0.717, 1.165) is 25.8 Å². The van der Waals surface area contributed by atoms with Crippen molar-refractivity contribution in [3.8, 4) is 0 Å². The third-order valence-electron chi connectivity index (χ3n) is 2.34. The minimum Gasteiger partial charge on any atom is -1.00 e. The molecule has 0 aliphatic rings. The lowest BCUT2D eigenvalue weighted by Crippen LogP contribution is -3.00. The van der Waals surface area contributed by atoms with E-state index in [-0.39, 0.29) is 18.8 Å². The second-order valence-electron chi connectivity index (χ2n) is 3.71. The summed E-state index contributed by atoms with van der Waals surface area (Å²) in [5, 5.41) is 10.5. The van der Waals surface area contributed by atoms with Gasteiger partial charge in [0.05, 0.1) is 19.5 Å². The molecule has 16 heavy (non-hydrogen) atoms. The summed E-state index contributed by atoms with van der Waals surface area (Å²) in [6.07, 6.45) is 7.24. The average Bonchev–Trinajstić information content (AvgIpc) is 2.17. The predicted molar refractivity (Wildman–Crippen MR) is 61.6 cm³/mol. The fourth-order valence-corrected chi connectivity index (χ4v) is 1.53. The maximum absolute atomic E-state index is 10.3. The maximum Gasteiger partial charge on any atom is 0.309 e. The zero-order valence-corrected chi connectivity index (χ0v) is 10.5. The van der Waals surface area contributed by atoms with E-state index in [1.807, 2.05) is 12.2 Å². The van der Waals surface area contributed by atoms with Gasteiger partial charge in [0.1, 0.15) is 0 Å². The molecule has 0 unspecified atom stereocenters. The lowest BCUT2D eigenvalue weighted by molar-refractivity contribution is -0.654. The third-order valence-corrected chi connectivity index (χ3v) is 2.34. The summed E-state index contributed by atoms with van der Waals surface area (Å²) < 4.78 is 0. The number of carbonyl (C=O) groups is 1. The van der Waals surface area contributed by atoms with E-state index in [1.54, 1.807) is 0 Å². The van der Waals surface area contributed by atoms with E-state index >= 15 is 0 Å². The number of allylic oxidation sites excluding steroid dienone is 2. The Kier molecular flexibility index (Phi) is 13.5. The van der Waals surface area contributed by atoms with Crippen LogP contribution in [-0.2, 0) is 4.79 Å². The highest BCUT2D eigenvalue weighted by Gasteiger charge is 2.06. The molecule has 0 aliphatic carbocycles. The smallest absolute Gasteiger partial charge is 0.309 e. The molecular weight excluding hydrogens is 226 g/mol. The Morgan fingerprint density at radius 2 is 1.81 bits per heavy atom. The van der Waals surface area contributed by atoms with Gasteiger partial charge in [0.15, 0.2) is 0 Å². The summed E-state index contributed by atoms with van der Waals surface area (Å²) in [6.45, 7) is 9.11. The number of aliphatic carboxylic acids is 1. The number of halogens is 1. The summed E-state index contributed by atoms with van der Waals surface area (Å²) >= 11 is 0. The highest BCUT2D eigenvalue weighted by Crippen LogP contribution is 2.12. The highest BCUT2D eigenvalue weighted by molar-refractivity contribution is 5.66. The van der Waals surface area contributed by atoms with Crippen LogP contribution >= 0.6 is 0 Å². The van der Waals surface area contributed by atoms with Gasteiger partial charge in [-0.05, 0) is 25.2 Å². The Hall–Kier alpha value is -0.800. The molecule has 0 aliphatic heterocycles. The van der Waals surface area contributed by atoms with Gasteiger partial charge in [-0.2, -0.15) is 0 Å². The summed E-state index contributed by atoms with van der Waals surface area (Å²) in [5.41, 5.74) is 0. The van der Waals surface area contributed by atoms with Gasteiger partial charge in [0, 0.05) is 0 Å². The van der Waals surface area contributed by atoms with Crippen LogP contribution in [0.15, 0.2) is 25.3 Å². The number of carboxylic acid groups (broad SMARTS) is 1. The van der Waals surface area contributed by atoms with Crippen molar-refractivity contribution in [2.75, 3.05) is 13.1 Å². The molecule has 0 aromatic heterocycles. The van der Waals surface area contributed by atoms with Crippen molar-refractivity contribution in [3.63, 3.8) is 0 Å². The molecule has 0 aromatic rings. The van der Waals surface area contributed by atoms with Crippen LogP contribution < -0.4 is 17.7 Å².